The van der Waals surface area contributed by atoms with Gasteiger partial charge in [-0.15, -0.1) is 12.4 Å². The average Bonchev–Trinajstić information content (AvgIpc) is 2.86. The van der Waals surface area contributed by atoms with E-state index in [1.54, 1.807) is 24.3 Å². The van der Waals surface area contributed by atoms with E-state index in [1.165, 1.54) is 12.8 Å². The lowest BCUT2D eigenvalue weighted by atomic mass is 9.89. The van der Waals surface area contributed by atoms with Gasteiger partial charge in [0.2, 0.25) is 5.91 Å². The van der Waals surface area contributed by atoms with Crippen LogP contribution >= 0.6 is 24.0 Å². The maximum atomic E-state index is 12.8. The molecule has 0 aromatic heterocycles. The zero-order valence-electron chi connectivity index (χ0n) is 16.1. The number of hydrogen-bond donors (Lipinski definition) is 1. The fourth-order valence-corrected chi connectivity index (χ4v) is 4.99. The lowest BCUT2D eigenvalue weighted by Crippen LogP contribution is -2.41. The van der Waals surface area contributed by atoms with E-state index in [1.807, 2.05) is 9.80 Å². The number of piperidine rings is 1. The summed E-state index contributed by atoms with van der Waals surface area (Å²) in [6.45, 7) is 2.68. The number of fused-ring (bicyclic) bond motifs is 2. The van der Waals surface area contributed by atoms with E-state index in [-0.39, 0.29) is 24.2 Å². The summed E-state index contributed by atoms with van der Waals surface area (Å²) in [5, 5.41) is 4.27. The number of halogens is 2. The number of carbonyl (C=O) groups is 2. The van der Waals surface area contributed by atoms with Gasteiger partial charge in [0.1, 0.15) is 0 Å². The second kappa shape index (κ2) is 9.47. The molecule has 3 aliphatic rings. The van der Waals surface area contributed by atoms with Crippen LogP contribution in [-0.4, -0.2) is 59.9 Å². The Morgan fingerprint density at radius 2 is 1.57 bits per heavy atom. The molecule has 154 valence electrons. The molecule has 2 bridgehead atoms. The van der Waals surface area contributed by atoms with Crippen molar-refractivity contribution in [2.75, 3.05) is 26.2 Å². The third-order valence-corrected chi connectivity index (χ3v) is 6.51. The van der Waals surface area contributed by atoms with Gasteiger partial charge in [-0.05, 0) is 62.3 Å². The molecule has 3 saturated heterocycles. The second-order valence-corrected chi connectivity index (χ2v) is 8.65. The Morgan fingerprint density at radius 3 is 2.25 bits per heavy atom. The molecule has 28 heavy (non-hydrogen) atoms. The fraction of sp³-hybridized carbons (Fsp3) is 0.619. The number of nitrogens with zero attached hydrogens (tertiary/aromatic N) is 2. The maximum absolute atomic E-state index is 12.8. The molecule has 3 aliphatic heterocycles. The van der Waals surface area contributed by atoms with Crippen LogP contribution in [-0.2, 0) is 4.79 Å². The molecule has 2 atom stereocenters. The molecule has 2 amide bonds. The zero-order chi connectivity index (χ0) is 18.8. The number of carbonyl (C=O) groups excluding carboxylic acids is 2. The highest BCUT2D eigenvalue weighted by Crippen LogP contribution is 2.33. The lowest BCUT2D eigenvalue weighted by Gasteiger charge is -2.30. The van der Waals surface area contributed by atoms with Crippen LogP contribution < -0.4 is 5.32 Å². The first-order valence-electron chi connectivity index (χ1n) is 10.2. The molecule has 7 heteroatoms. The van der Waals surface area contributed by atoms with E-state index in [4.69, 9.17) is 11.6 Å². The standard InChI is InChI=1S/C21H28ClN3O2.ClH/c22-17-4-2-16(3-5-17)21(27)25-9-1-8-24(10-11-25)20(26)14-15-12-18-6-7-19(13-15)23-18;/h2-5,15,18-19,23H,1,6-14H2;1H. The molecule has 5 nitrogen and oxygen atoms in total. The molecule has 4 rings (SSSR count). The van der Waals surface area contributed by atoms with Crippen molar-refractivity contribution in [3.63, 3.8) is 0 Å². The van der Waals surface area contributed by atoms with Crippen molar-refractivity contribution in [1.82, 2.24) is 15.1 Å². The third kappa shape index (κ3) is 5.00. The minimum absolute atomic E-state index is 0. The van der Waals surface area contributed by atoms with Gasteiger partial charge in [0.05, 0.1) is 0 Å². The van der Waals surface area contributed by atoms with Crippen molar-refractivity contribution >= 4 is 35.8 Å². The second-order valence-electron chi connectivity index (χ2n) is 8.21. The number of rotatable bonds is 3. The van der Waals surface area contributed by atoms with Crippen molar-refractivity contribution < 1.29 is 9.59 Å². The molecular formula is C21H29Cl2N3O2. The molecule has 0 radical (unpaired) electrons. The van der Waals surface area contributed by atoms with Crippen LogP contribution in [0.2, 0.25) is 5.02 Å². The fourth-order valence-electron chi connectivity index (χ4n) is 4.86. The number of nitrogens with one attached hydrogen (secondary N) is 1. The average molecular weight is 426 g/mol. The van der Waals surface area contributed by atoms with Crippen molar-refractivity contribution in [2.24, 2.45) is 5.92 Å². The van der Waals surface area contributed by atoms with Crippen LogP contribution in [0.25, 0.3) is 0 Å². The summed E-state index contributed by atoms with van der Waals surface area (Å²) < 4.78 is 0. The van der Waals surface area contributed by atoms with Gasteiger partial charge in [-0.25, -0.2) is 0 Å². The van der Waals surface area contributed by atoms with Gasteiger partial charge in [0, 0.05) is 55.3 Å². The number of hydrogen-bond acceptors (Lipinski definition) is 3. The van der Waals surface area contributed by atoms with Crippen LogP contribution in [0, 0.1) is 5.92 Å². The Morgan fingerprint density at radius 1 is 0.964 bits per heavy atom. The number of amides is 2. The van der Waals surface area contributed by atoms with Crippen molar-refractivity contribution in [1.29, 1.82) is 0 Å². The summed E-state index contributed by atoms with van der Waals surface area (Å²) in [5.74, 6) is 0.810. The molecule has 0 aliphatic carbocycles. The van der Waals surface area contributed by atoms with E-state index < -0.39 is 0 Å². The SMILES string of the molecule is Cl.O=C(CC1CC2CCC(C1)N2)N1CCCN(C(=O)c2ccc(Cl)cc2)CC1. The molecule has 0 saturated carbocycles. The van der Waals surface area contributed by atoms with E-state index in [2.05, 4.69) is 5.32 Å². The quantitative estimate of drug-likeness (QED) is 0.807. The first-order valence-corrected chi connectivity index (χ1v) is 10.5. The Kier molecular flexibility index (Phi) is 7.24. The Bertz CT molecular complexity index is 685. The molecular weight excluding hydrogens is 397 g/mol. The minimum atomic E-state index is 0. The molecule has 2 unspecified atom stereocenters. The van der Waals surface area contributed by atoms with Gasteiger partial charge >= 0.3 is 0 Å². The first kappa shape index (κ1) is 21.4. The largest absolute Gasteiger partial charge is 0.341 e. The summed E-state index contributed by atoms with van der Waals surface area (Å²) in [5.41, 5.74) is 0.657. The third-order valence-electron chi connectivity index (χ3n) is 6.26. The summed E-state index contributed by atoms with van der Waals surface area (Å²) in [7, 11) is 0. The zero-order valence-corrected chi connectivity index (χ0v) is 17.7. The Labute approximate surface area is 178 Å². The highest BCUT2D eigenvalue weighted by molar-refractivity contribution is 6.30. The van der Waals surface area contributed by atoms with Gasteiger partial charge in [0.15, 0.2) is 0 Å². The lowest BCUT2D eigenvalue weighted by molar-refractivity contribution is -0.132. The number of benzene rings is 1. The van der Waals surface area contributed by atoms with Crippen LogP contribution in [0.1, 0.15) is 48.9 Å². The molecule has 3 heterocycles. The smallest absolute Gasteiger partial charge is 0.253 e. The van der Waals surface area contributed by atoms with E-state index >= 15 is 0 Å². The van der Waals surface area contributed by atoms with Crippen molar-refractivity contribution in [3.05, 3.63) is 34.9 Å². The van der Waals surface area contributed by atoms with Gasteiger partial charge in [-0.3, -0.25) is 9.59 Å². The summed E-state index contributed by atoms with van der Waals surface area (Å²) in [6.07, 6.45) is 6.30. The van der Waals surface area contributed by atoms with Gasteiger partial charge < -0.3 is 15.1 Å². The van der Waals surface area contributed by atoms with Gasteiger partial charge in [0.25, 0.3) is 5.91 Å². The highest BCUT2D eigenvalue weighted by Gasteiger charge is 2.35. The first-order chi connectivity index (χ1) is 13.1. The maximum Gasteiger partial charge on any atom is 0.253 e. The van der Waals surface area contributed by atoms with E-state index in [0.29, 0.717) is 54.6 Å². The van der Waals surface area contributed by atoms with Gasteiger partial charge in [-0.1, -0.05) is 11.6 Å². The predicted octanol–water partition coefficient (Wildman–Crippen LogP) is 3.36. The molecule has 1 aromatic rings. The Balaban J connectivity index is 0.00000225. The van der Waals surface area contributed by atoms with Crippen LogP contribution in [0.3, 0.4) is 0 Å². The molecule has 1 N–H and O–H groups in total. The minimum Gasteiger partial charge on any atom is -0.341 e. The van der Waals surface area contributed by atoms with E-state index in [9.17, 15) is 9.59 Å². The summed E-state index contributed by atoms with van der Waals surface area (Å²) in [6, 6.07) is 8.27. The topological polar surface area (TPSA) is 52.7 Å². The van der Waals surface area contributed by atoms with Crippen molar-refractivity contribution in [3.8, 4) is 0 Å². The summed E-state index contributed by atoms with van der Waals surface area (Å²) in [4.78, 5) is 29.4. The van der Waals surface area contributed by atoms with E-state index in [0.717, 1.165) is 25.8 Å². The molecule has 3 fully saturated rings. The van der Waals surface area contributed by atoms with Crippen LogP contribution in [0.4, 0.5) is 0 Å². The molecule has 1 aromatic carbocycles. The van der Waals surface area contributed by atoms with Gasteiger partial charge in [-0.2, -0.15) is 0 Å². The van der Waals surface area contributed by atoms with Crippen LogP contribution in [0.15, 0.2) is 24.3 Å². The Hall–Kier alpha value is -1.30. The monoisotopic (exact) mass is 425 g/mol. The normalized spacial score (nSPS) is 27.1. The summed E-state index contributed by atoms with van der Waals surface area (Å²) >= 11 is 5.91. The van der Waals surface area contributed by atoms with Crippen LogP contribution in [0.5, 0.6) is 0 Å². The van der Waals surface area contributed by atoms with Crippen molar-refractivity contribution in [2.45, 2.75) is 50.6 Å². The highest BCUT2D eigenvalue weighted by atomic mass is 35.5. The predicted molar refractivity (Wildman–Crippen MR) is 113 cm³/mol. The molecule has 0 spiro atoms.